The zero-order valence-corrected chi connectivity index (χ0v) is 13.0. The maximum atomic E-state index is 12.1. The molecule has 122 valence electrons. The van der Waals surface area contributed by atoms with Crippen molar-refractivity contribution in [3.05, 3.63) is 63.9 Å². The summed E-state index contributed by atoms with van der Waals surface area (Å²) in [5.74, 6) is -0.370. The summed E-state index contributed by atoms with van der Waals surface area (Å²) in [6, 6.07) is 11.9. The lowest BCUT2D eigenvalue weighted by Crippen LogP contribution is -2.18. The third kappa shape index (κ3) is 3.19. The molecule has 0 fully saturated rings. The fourth-order valence-corrected chi connectivity index (χ4v) is 2.42. The van der Waals surface area contributed by atoms with Crippen molar-refractivity contribution in [2.45, 2.75) is 6.42 Å². The molecule has 0 spiro atoms. The van der Waals surface area contributed by atoms with E-state index in [0.717, 1.165) is 5.56 Å². The lowest BCUT2D eigenvalue weighted by molar-refractivity contribution is -0.115. The number of rotatable bonds is 4. The smallest absolute Gasteiger partial charge is 0.271 e. The Hall–Kier alpha value is -3.35. The highest BCUT2D eigenvalue weighted by atomic mass is 16.2. The van der Waals surface area contributed by atoms with Crippen LogP contribution in [0.5, 0.6) is 0 Å². The van der Waals surface area contributed by atoms with Gasteiger partial charge in [-0.25, -0.2) is 0 Å². The fourth-order valence-electron chi connectivity index (χ4n) is 2.42. The highest BCUT2D eigenvalue weighted by molar-refractivity contribution is 5.95. The minimum atomic E-state index is -0.231. The Bertz CT molecular complexity index is 954. The first kappa shape index (κ1) is 15.5. The van der Waals surface area contributed by atoms with Crippen molar-refractivity contribution in [3.8, 4) is 0 Å². The van der Waals surface area contributed by atoms with E-state index in [9.17, 15) is 14.4 Å². The molecule has 0 saturated heterocycles. The lowest BCUT2D eigenvalue weighted by atomic mass is 10.1. The minimum absolute atomic E-state index is 0.170. The van der Waals surface area contributed by atoms with E-state index in [2.05, 4.69) is 20.8 Å². The number of carbonyl (C=O) groups is 2. The van der Waals surface area contributed by atoms with Crippen LogP contribution in [0.1, 0.15) is 15.9 Å². The average Bonchev–Trinajstić information content (AvgIpc) is 2.95. The number of nitrogens with one attached hydrogen (secondary N) is 4. The number of carbonyl (C=O) groups excluding carboxylic acids is 2. The Morgan fingerprint density at radius 1 is 1.04 bits per heavy atom. The van der Waals surface area contributed by atoms with Gasteiger partial charge in [0.2, 0.25) is 5.91 Å². The van der Waals surface area contributed by atoms with Crippen LogP contribution in [0.15, 0.2) is 47.3 Å². The molecule has 0 aliphatic heterocycles. The Kier molecular flexibility index (Phi) is 4.15. The molecule has 2 amide bonds. The molecular weight excluding hydrogens is 308 g/mol. The van der Waals surface area contributed by atoms with Crippen LogP contribution < -0.4 is 16.2 Å². The van der Waals surface area contributed by atoms with Gasteiger partial charge in [-0.15, -0.1) is 0 Å². The summed E-state index contributed by atoms with van der Waals surface area (Å²) in [5, 5.41) is 11.0. The maximum Gasteiger partial charge on any atom is 0.271 e. The molecule has 7 heteroatoms. The quantitative estimate of drug-likeness (QED) is 0.582. The largest absolute Gasteiger partial charge is 0.355 e. The Labute approximate surface area is 137 Å². The maximum absolute atomic E-state index is 12.1. The molecule has 0 atom stereocenters. The molecule has 24 heavy (non-hydrogen) atoms. The Morgan fingerprint density at radius 3 is 2.50 bits per heavy atom. The van der Waals surface area contributed by atoms with Gasteiger partial charge < -0.3 is 10.6 Å². The van der Waals surface area contributed by atoms with Crippen LogP contribution in [0.4, 0.5) is 5.69 Å². The standard InChI is InChI=1S/C17H16N4O3/c1-18-16(23)11-4-2-10(3-5-11)8-15(22)19-12-6-7-14-13(9-12)17(24)21-20-14/h2-7,9H,8H2,1H3,(H,18,23)(H,19,22)(H2,20,21,24). The van der Waals surface area contributed by atoms with Gasteiger partial charge in [0.15, 0.2) is 0 Å². The molecule has 1 aromatic heterocycles. The molecule has 0 radical (unpaired) electrons. The normalized spacial score (nSPS) is 10.5. The van der Waals surface area contributed by atoms with Crippen LogP contribution in [0.25, 0.3) is 10.9 Å². The van der Waals surface area contributed by atoms with E-state index in [1.807, 2.05) is 0 Å². The van der Waals surface area contributed by atoms with E-state index in [1.54, 1.807) is 49.5 Å². The van der Waals surface area contributed by atoms with Crippen LogP contribution in [0, 0.1) is 0 Å². The summed E-state index contributed by atoms with van der Waals surface area (Å²) in [6.07, 6.45) is 0.176. The molecule has 7 nitrogen and oxygen atoms in total. The minimum Gasteiger partial charge on any atom is -0.355 e. The molecule has 0 unspecified atom stereocenters. The van der Waals surface area contributed by atoms with Crippen LogP contribution >= 0.6 is 0 Å². The average molecular weight is 324 g/mol. The lowest BCUT2D eigenvalue weighted by Gasteiger charge is -2.06. The summed E-state index contributed by atoms with van der Waals surface area (Å²) in [5.41, 5.74) is 2.34. The second-order valence-electron chi connectivity index (χ2n) is 5.34. The summed E-state index contributed by atoms with van der Waals surface area (Å²) in [7, 11) is 1.57. The van der Waals surface area contributed by atoms with Crippen molar-refractivity contribution in [1.82, 2.24) is 15.5 Å². The number of benzene rings is 2. The summed E-state index contributed by atoms with van der Waals surface area (Å²) in [4.78, 5) is 35.2. The number of aromatic amines is 2. The van der Waals surface area contributed by atoms with Gasteiger partial charge in [-0.2, -0.15) is 0 Å². The first-order valence-electron chi connectivity index (χ1n) is 7.38. The van der Waals surface area contributed by atoms with Crippen molar-refractivity contribution in [2.75, 3.05) is 12.4 Å². The van der Waals surface area contributed by atoms with Crippen LogP contribution in [0.3, 0.4) is 0 Å². The molecule has 0 aliphatic rings. The van der Waals surface area contributed by atoms with E-state index >= 15 is 0 Å². The van der Waals surface area contributed by atoms with Crippen LogP contribution in [-0.4, -0.2) is 29.1 Å². The van der Waals surface area contributed by atoms with Crippen LogP contribution in [-0.2, 0) is 11.2 Å². The number of anilines is 1. The number of hydrogen-bond donors (Lipinski definition) is 4. The number of hydrogen-bond acceptors (Lipinski definition) is 3. The zero-order chi connectivity index (χ0) is 17.1. The van der Waals surface area contributed by atoms with E-state index in [1.165, 1.54) is 0 Å². The van der Waals surface area contributed by atoms with Gasteiger partial charge in [-0.05, 0) is 35.9 Å². The number of amides is 2. The molecular formula is C17H16N4O3. The monoisotopic (exact) mass is 324 g/mol. The van der Waals surface area contributed by atoms with Gasteiger partial charge in [-0.1, -0.05) is 12.1 Å². The Morgan fingerprint density at radius 2 is 1.79 bits per heavy atom. The summed E-state index contributed by atoms with van der Waals surface area (Å²) < 4.78 is 0. The fraction of sp³-hybridized carbons (Fsp3) is 0.118. The molecule has 3 aromatic rings. The van der Waals surface area contributed by atoms with Gasteiger partial charge in [0.25, 0.3) is 11.5 Å². The summed E-state index contributed by atoms with van der Waals surface area (Å²) in [6.45, 7) is 0. The SMILES string of the molecule is CNC(=O)c1ccc(CC(=O)Nc2ccc3[nH][nH]c(=O)c3c2)cc1. The van der Waals surface area contributed by atoms with Crippen molar-refractivity contribution in [3.63, 3.8) is 0 Å². The molecule has 0 aliphatic carbocycles. The summed E-state index contributed by atoms with van der Waals surface area (Å²) >= 11 is 0. The topological polar surface area (TPSA) is 107 Å². The third-order valence-corrected chi connectivity index (χ3v) is 3.67. The first-order valence-corrected chi connectivity index (χ1v) is 7.38. The van der Waals surface area contributed by atoms with Crippen molar-refractivity contribution < 1.29 is 9.59 Å². The third-order valence-electron chi connectivity index (χ3n) is 3.67. The highest BCUT2D eigenvalue weighted by Gasteiger charge is 2.08. The Balaban J connectivity index is 1.69. The van der Waals surface area contributed by atoms with Gasteiger partial charge in [0.05, 0.1) is 17.3 Å². The second kappa shape index (κ2) is 6.41. The number of H-pyrrole nitrogens is 2. The predicted molar refractivity (Wildman–Crippen MR) is 91.1 cm³/mol. The predicted octanol–water partition coefficient (Wildman–Crippen LogP) is 1.40. The molecule has 2 aromatic carbocycles. The van der Waals surface area contributed by atoms with Crippen LogP contribution in [0.2, 0.25) is 0 Å². The van der Waals surface area contributed by atoms with E-state index in [-0.39, 0.29) is 23.8 Å². The number of aromatic nitrogens is 2. The van der Waals surface area contributed by atoms with E-state index < -0.39 is 0 Å². The van der Waals surface area contributed by atoms with Crippen molar-refractivity contribution in [1.29, 1.82) is 0 Å². The highest BCUT2D eigenvalue weighted by Crippen LogP contribution is 2.15. The van der Waals surface area contributed by atoms with Gasteiger partial charge in [0, 0.05) is 18.3 Å². The van der Waals surface area contributed by atoms with Gasteiger partial charge in [-0.3, -0.25) is 24.6 Å². The van der Waals surface area contributed by atoms with Crippen molar-refractivity contribution in [2.24, 2.45) is 0 Å². The van der Waals surface area contributed by atoms with Gasteiger partial charge >= 0.3 is 0 Å². The number of fused-ring (bicyclic) bond motifs is 1. The van der Waals surface area contributed by atoms with E-state index in [4.69, 9.17) is 0 Å². The van der Waals surface area contributed by atoms with Crippen molar-refractivity contribution >= 4 is 28.4 Å². The molecule has 4 N–H and O–H groups in total. The molecule has 0 saturated carbocycles. The molecule has 0 bridgehead atoms. The van der Waals surface area contributed by atoms with E-state index in [0.29, 0.717) is 22.2 Å². The zero-order valence-electron chi connectivity index (χ0n) is 13.0. The molecule has 3 rings (SSSR count). The van der Waals surface area contributed by atoms with Gasteiger partial charge in [0.1, 0.15) is 0 Å². The molecule has 1 heterocycles. The second-order valence-corrected chi connectivity index (χ2v) is 5.34. The first-order chi connectivity index (χ1) is 11.6.